The molecule has 0 aliphatic rings. The fourth-order valence-electron chi connectivity index (χ4n) is 1.93. The molecule has 4 nitrogen and oxygen atoms in total. The summed E-state index contributed by atoms with van der Waals surface area (Å²) >= 11 is 1.35. The third-order valence-electron chi connectivity index (χ3n) is 2.91. The number of fused-ring (bicyclic) bond motifs is 1. The lowest BCUT2D eigenvalue weighted by Crippen LogP contribution is -1.96. The minimum absolute atomic E-state index is 0.364. The third kappa shape index (κ3) is 2.39. The predicted molar refractivity (Wildman–Crippen MR) is 74.1 cm³/mol. The monoisotopic (exact) mass is 289 g/mol. The Bertz CT molecular complexity index is 757. The first-order chi connectivity index (χ1) is 9.65. The van der Waals surface area contributed by atoms with Crippen LogP contribution in [0, 0.1) is 5.82 Å². The molecule has 0 aliphatic heterocycles. The van der Waals surface area contributed by atoms with Crippen molar-refractivity contribution in [3.8, 4) is 0 Å². The molecule has 3 aromatic rings. The summed E-state index contributed by atoms with van der Waals surface area (Å²) in [6, 6.07) is 10.00. The molecule has 0 spiro atoms. The SMILES string of the molecule is CC(O)c1cc(F)ccc1Sc1nnc2ccccn12. The van der Waals surface area contributed by atoms with Gasteiger partial charge in [-0.2, -0.15) is 0 Å². The van der Waals surface area contributed by atoms with E-state index < -0.39 is 6.10 Å². The van der Waals surface area contributed by atoms with Crippen LogP contribution >= 0.6 is 11.8 Å². The van der Waals surface area contributed by atoms with Gasteiger partial charge in [-0.05, 0) is 54.6 Å². The minimum atomic E-state index is -0.743. The van der Waals surface area contributed by atoms with E-state index in [0.717, 1.165) is 10.5 Å². The predicted octanol–water partition coefficient (Wildman–Crippen LogP) is 3.07. The molecule has 2 aromatic heterocycles. The van der Waals surface area contributed by atoms with Crippen LogP contribution in [0.1, 0.15) is 18.6 Å². The number of benzene rings is 1. The third-order valence-corrected chi connectivity index (χ3v) is 3.96. The molecule has 0 bridgehead atoms. The van der Waals surface area contributed by atoms with Crippen LogP contribution in [0.15, 0.2) is 52.6 Å². The summed E-state index contributed by atoms with van der Waals surface area (Å²) in [6.45, 7) is 1.61. The van der Waals surface area contributed by atoms with E-state index in [1.54, 1.807) is 13.0 Å². The van der Waals surface area contributed by atoms with Crippen molar-refractivity contribution < 1.29 is 9.50 Å². The molecule has 0 fully saturated rings. The van der Waals surface area contributed by atoms with Crippen molar-refractivity contribution >= 4 is 17.4 Å². The molecule has 3 rings (SSSR count). The second-order valence-electron chi connectivity index (χ2n) is 4.37. The molecular weight excluding hydrogens is 277 g/mol. The van der Waals surface area contributed by atoms with Crippen molar-refractivity contribution in [2.45, 2.75) is 23.1 Å². The van der Waals surface area contributed by atoms with Gasteiger partial charge in [0.1, 0.15) is 5.82 Å². The topological polar surface area (TPSA) is 50.4 Å². The maximum Gasteiger partial charge on any atom is 0.200 e. The number of aliphatic hydroxyl groups is 1. The second-order valence-corrected chi connectivity index (χ2v) is 5.38. The Kier molecular flexibility index (Phi) is 3.42. The van der Waals surface area contributed by atoms with Crippen molar-refractivity contribution in [2.24, 2.45) is 0 Å². The lowest BCUT2D eigenvalue weighted by Gasteiger charge is -2.10. The Morgan fingerprint density at radius 2 is 2.10 bits per heavy atom. The van der Waals surface area contributed by atoms with Gasteiger partial charge in [-0.15, -0.1) is 10.2 Å². The molecule has 2 heterocycles. The van der Waals surface area contributed by atoms with Gasteiger partial charge in [-0.3, -0.25) is 4.40 Å². The molecule has 1 aromatic carbocycles. The van der Waals surface area contributed by atoms with E-state index >= 15 is 0 Å². The maximum absolute atomic E-state index is 13.3. The van der Waals surface area contributed by atoms with E-state index in [1.807, 2.05) is 28.8 Å². The van der Waals surface area contributed by atoms with Gasteiger partial charge in [-0.25, -0.2) is 4.39 Å². The highest BCUT2D eigenvalue weighted by atomic mass is 32.2. The minimum Gasteiger partial charge on any atom is -0.389 e. The summed E-state index contributed by atoms with van der Waals surface area (Å²) in [7, 11) is 0. The molecule has 0 aliphatic carbocycles. The summed E-state index contributed by atoms with van der Waals surface area (Å²) in [4.78, 5) is 0.763. The summed E-state index contributed by atoms with van der Waals surface area (Å²) in [5, 5.41) is 18.6. The lowest BCUT2D eigenvalue weighted by atomic mass is 10.1. The van der Waals surface area contributed by atoms with E-state index in [0.29, 0.717) is 10.7 Å². The van der Waals surface area contributed by atoms with Crippen molar-refractivity contribution in [1.29, 1.82) is 0 Å². The van der Waals surface area contributed by atoms with Crippen molar-refractivity contribution in [3.63, 3.8) is 0 Å². The van der Waals surface area contributed by atoms with Gasteiger partial charge in [-0.1, -0.05) is 6.07 Å². The number of hydrogen-bond donors (Lipinski definition) is 1. The Labute approximate surface area is 119 Å². The largest absolute Gasteiger partial charge is 0.389 e. The van der Waals surface area contributed by atoms with Crippen LogP contribution in [-0.4, -0.2) is 19.7 Å². The summed E-state index contributed by atoms with van der Waals surface area (Å²) < 4.78 is 15.1. The first kappa shape index (κ1) is 13.1. The maximum atomic E-state index is 13.3. The van der Waals surface area contributed by atoms with Crippen molar-refractivity contribution in [2.75, 3.05) is 0 Å². The van der Waals surface area contributed by atoms with Crippen LogP contribution in [-0.2, 0) is 0 Å². The summed E-state index contributed by atoms with van der Waals surface area (Å²) in [5.74, 6) is -0.364. The number of aliphatic hydroxyl groups excluding tert-OH is 1. The molecule has 0 saturated carbocycles. The average molecular weight is 289 g/mol. The molecule has 102 valence electrons. The number of hydrogen-bond acceptors (Lipinski definition) is 4. The Balaban J connectivity index is 2.03. The van der Waals surface area contributed by atoms with Gasteiger partial charge in [0.15, 0.2) is 10.8 Å². The van der Waals surface area contributed by atoms with Gasteiger partial charge in [0, 0.05) is 11.1 Å². The van der Waals surface area contributed by atoms with Crippen LogP contribution < -0.4 is 0 Å². The summed E-state index contributed by atoms with van der Waals surface area (Å²) in [6.07, 6.45) is 1.12. The normalized spacial score (nSPS) is 12.8. The van der Waals surface area contributed by atoms with Gasteiger partial charge in [0.2, 0.25) is 0 Å². The van der Waals surface area contributed by atoms with Crippen molar-refractivity contribution in [3.05, 3.63) is 54.0 Å². The molecule has 1 unspecified atom stereocenters. The highest BCUT2D eigenvalue weighted by Gasteiger charge is 2.13. The van der Waals surface area contributed by atoms with Gasteiger partial charge in [0.25, 0.3) is 0 Å². The van der Waals surface area contributed by atoms with Crippen LogP contribution in [0.5, 0.6) is 0 Å². The Morgan fingerprint density at radius 3 is 2.90 bits per heavy atom. The van der Waals surface area contributed by atoms with Gasteiger partial charge >= 0.3 is 0 Å². The molecule has 1 N–H and O–H groups in total. The number of rotatable bonds is 3. The fourth-order valence-corrected chi connectivity index (χ4v) is 2.94. The Morgan fingerprint density at radius 1 is 1.25 bits per heavy atom. The molecular formula is C14H12FN3OS. The molecule has 1 atom stereocenters. The molecule has 0 amide bonds. The van der Waals surface area contributed by atoms with Gasteiger partial charge in [0.05, 0.1) is 6.10 Å². The van der Waals surface area contributed by atoms with Crippen molar-refractivity contribution in [1.82, 2.24) is 14.6 Å². The fraction of sp³-hybridized carbons (Fsp3) is 0.143. The second kappa shape index (κ2) is 5.22. The number of halogens is 1. The zero-order chi connectivity index (χ0) is 14.1. The van der Waals surface area contributed by atoms with E-state index in [9.17, 15) is 9.50 Å². The van der Waals surface area contributed by atoms with E-state index in [-0.39, 0.29) is 5.82 Å². The first-order valence-corrected chi connectivity index (χ1v) is 6.92. The van der Waals surface area contributed by atoms with Gasteiger partial charge < -0.3 is 5.11 Å². The average Bonchev–Trinajstić information content (AvgIpc) is 2.84. The molecule has 0 radical (unpaired) electrons. The highest BCUT2D eigenvalue weighted by molar-refractivity contribution is 7.99. The van der Waals surface area contributed by atoms with E-state index in [4.69, 9.17) is 0 Å². The quantitative estimate of drug-likeness (QED) is 0.805. The first-order valence-electron chi connectivity index (χ1n) is 6.10. The molecule has 20 heavy (non-hydrogen) atoms. The number of aromatic nitrogens is 3. The van der Waals surface area contributed by atoms with Crippen LogP contribution in [0.3, 0.4) is 0 Å². The van der Waals surface area contributed by atoms with Crippen LogP contribution in [0.2, 0.25) is 0 Å². The van der Waals surface area contributed by atoms with Crippen LogP contribution in [0.25, 0.3) is 5.65 Å². The smallest absolute Gasteiger partial charge is 0.200 e. The Hall–Kier alpha value is -1.92. The lowest BCUT2D eigenvalue weighted by molar-refractivity contribution is 0.196. The zero-order valence-electron chi connectivity index (χ0n) is 10.7. The van der Waals surface area contributed by atoms with E-state index in [2.05, 4.69) is 10.2 Å². The molecule has 6 heteroatoms. The highest BCUT2D eigenvalue weighted by Crippen LogP contribution is 2.32. The standard InChI is InChI=1S/C14H12FN3OS/c1-9(19)11-8-10(15)5-6-12(11)20-14-17-16-13-4-2-3-7-18(13)14/h2-9,19H,1H3. The summed E-state index contributed by atoms with van der Waals surface area (Å²) in [5.41, 5.74) is 1.29. The van der Waals surface area contributed by atoms with Crippen LogP contribution in [0.4, 0.5) is 4.39 Å². The number of pyridine rings is 1. The molecule has 0 saturated heterocycles. The number of nitrogens with zero attached hydrogens (tertiary/aromatic N) is 3. The zero-order valence-corrected chi connectivity index (χ0v) is 11.5. The van der Waals surface area contributed by atoms with E-state index in [1.165, 1.54) is 23.9 Å².